The summed E-state index contributed by atoms with van der Waals surface area (Å²) in [5.74, 6) is 0.847. The summed E-state index contributed by atoms with van der Waals surface area (Å²) >= 11 is 0. The van der Waals surface area contributed by atoms with Gasteiger partial charge in [0.05, 0.1) is 22.7 Å². The van der Waals surface area contributed by atoms with E-state index in [1.54, 1.807) is 18.5 Å². The number of benzene rings is 1. The van der Waals surface area contributed by atoms with Crippen LogP contribution in [0.25, 0.3) is 16.9 Å². The predicted octanol–water partition coefficient (Wildman–Crippen LogP) is 2.56. The monoisotopic (exact) mass is 338 g/mol. The van der Waals surface area contributed by atoms with Crippen molar-refractivity contribution in [2.45, 2.75) is 26.4 Å². The van der Waals surface area contributed by atoms with Crippen molar-refractivity contribution in [3.8, 4) is 5.82 Å². The molecule has 1 atom stereocenters. The van der Waals surface area contributed by atoms with Gasteiger partial charge in [-0.2, -0.15) is 0 Å². The number of hydrogen-bond donors (Lipinski definition) is 2. The maximum Gasteiger partial charge on any atom is 0.252 e. The molecule has 6 heteroatoms. The van der Waals surface area contributed by atoms with Crippen LogP contribution in [0.15, 0.2) is 48.9 Å². The van der Waals surface area contributed by atoms with Gasteiger partial charge >= 0.3 is 0 Å². The first kappa shape index (κ1) is 17.1. The molecule has 0 spiro atoms. The molecular formula is C19H22N4O2. The third-order valence-corrected chi connectivity index (χ3v) is 3.95. The lowest BCUT2D eigenvalue weighted by atomic mass is 10.1. The maximum atomic E-state index is 12.2. The SMILES string of the molecule is CC(C)C[C@@H](O)CNC(=O)c1ccc(-n2cnc3ccccc32)nc1. The van der Waals surface area contributed by atoms with E-state index in [1.807, 2.05) is 42.7 Å². The van der Waals surface area contributed by atoms with Gasteiger partial charge in [-0.3, -0.25) is 9.36 Å². The molecule has 0 fully saturated rings. The van der Waals surface area contributed by atoms with Crippen molar-refractivity contribution in [3.05, 3.63) is 54.5 Å². The summed E-state index contributed by atoms with van der Waals surface area (Å²) in [6.07, 6.45) is 3.38. The highest BCUT2D eigenvalue weighted by atomic mass is 16.3. The quantitative estimate of drug-likeness (QED) is 0.724. The molecule has 3 aromatic rings. The van der Waals surface area contributed by atoms with Crippen LogP contribution < -0.4 is 5.32 Å². The molecule has 25 heavy (non-hydrogen) atoms. The minimum Gasteiger partial charge on any atom is -0.391 e. The minimum atomic E-state index is -0.534. The topological polar surface area (TPSA) is 80.0 Å². The largest absolute Gasteiger partial charge is 0.391 e. The van der Waals surface area contributed by atoms with Crippen LogP contribution in [0.4, 0.5) is 0 Å². The first-order valence-electron chi connectivity index (χ1n) is 8.39. The van der Waals surface area contributed by atoms with Crippen LogP contribution in [-0.2, 0) is 0 Å². The van der Waals surface area contributed by atoms with Gasteiger partial charge in [0, 0.05) is 12.7 Å². The van der Waals surface area contributed by atoms with Crippen LogP contribution in [-0.4, -0.2) is 38.2 Å². The fourth-order valence-electron chi connectivity index (χ4n) is 2.74. The molecule has 0 unspecified atom stereocenters. The van der Waals surface area contributed by atoms with Crippen molar-refractivity contribution in [1.29, 1.82) is 0 Å². The van der Waals surface area contributed by atoms with E-state index in [4.69, 9.17) is 0 Å². The average molecular weight is 338 g/mol. The molecule has 2 N–H and O–H groups in total. The second-order valence-electron chi connectivity index (χ2n) is 6.50. The summed E-state index contributed by atoms with van der Waals surface area (Å²) in [6, 6.07) is 11.3. The minimum absolute atomic E-state index is 0.239. The smallest absolute Gasteiger partial charge is 0.252 e. The molecule has 1 aromatic carbocycles. The van der Waals surface area contributed by atoms with Gasteiger partial charge in [0.2, 0.25) is 0 Å². The first-order chi connectivity index (χ1) is 12.0. The summed E-state index contributed by atoms with van der Waals surface area (Å²) in [4.78, 5) is 20.9. The molecule has 0 bridgehead atoms. The number of aliphatic hydroxyl groups excluding tert-OH is 1. The zero-order valence-corrected chi connectivity index (χ0v) is 14.4. The van der Waals surface area contributed by atoms with Gasteiger partial charge in [-0.15, -0.1) is 0 Å². The number of carbonyl (C=O) groups excluding carboxylic acids is 1. The summed E-state index contributed by atoms with van der Waals surface area (Å²) in [6.45, 7) is 4.31. The molecular weight excluding hydrogens is 316 g/mol. The van der Waals surface area contributed by atoms with Crippen molar-refractivity contribution in [2.24, 2.45) is 5.92 Å². The lowest BCUT2D eigenvalue weighted by molar-refractivity contribution is 0.0900. The number of hydrogen-bond acceptors (Lipinski definition) is 4. The van der Waals surface area contributed by atoms with E-state index in [1.165, 1.54) is 6.20 Å². The Kier molecular flexibility index (Phi) is 5.09. The van der Waals surface area contributed by atoms with Crippen molar-refractivity contribution >= 4 is 16.9 Å². The molecule has 2 heterocycles. The number of nitrogens with zero attached hydrogens (tertiary/aromatic N) is 3. The van der Waals surface area contributed by atoms with Crippen LogP contribution in [0.5, 0.6) is 0 Å². The molecule has 2 aromatic heterocycles. The lowest BCUT2D eigenvalue weighted by Gasteiger charge is -2.13. The molecule has 3 rings (SSSR count). The third kappa shape index (κ3) is 4.03. The fourth-order valence-corrected chi connectivity index (χ4v) is 2.74. The molecule has 130 valence electrons. The number of carbonyl (C=O) groups is 1. The number of pyridine rings is 1. The number of imidazole rings is 1. The third-order valence-electron chi connectivity index (χ3n) is 3.95. The number of para-hydroxylation sites is 2. The Balaban J connectivity index is 1.69. The Labute approximate surface area is 146 Å². The van der Waals surface area contributed by atoms with E-state index in [-0.39, 0.29) is 12.5 Å². The van der Waals surface area contributed by atoms with Crippen LogP contribution in [0.1, 0.15) is 30.6 Å². The van der Waals surface area contributed by atoms with E-state index in [0.29, 0.717) is 23.7 Å². The lowest BCUT2D eigenvalue weighted by Crippen LogP contribution is -2.32. The Hall–Kier alpha value is -2.73. The number of fused-ring (bicyclic) bond motifs is 1. The Bertz CT molecular complexity index is 855. The van der Waals surface area contributed by atoms with Crippen LogP contribution in [0.3, 0.4) is 0 Å². The second kappa shape index (κ2) is 7.44. The van der Waals surface area contributed by atoms with E-state index < -0.39 is 6.10 Å². The van der Waals surface area contributed by atoms with E-state index in [0.717, 1.165) is 11.0 Å². The number of rotatable bonds is 6. The van der Waals surface area contributed by atoms with Crippen molar-refractivity contribution in [2.75, 3.05) is 6.54 Å². The zero-order valence-electron chi connectivity index (χ0n) is 14.4. The number of amides is 1. The van der Waals surface area contributed by atoms with Crippen molar-refractivity contribution in [3.63, 3.8) is 0 Å². The van der Waals surface area contributed by atoms with Gasteiger partial charge in [0.25, 0.3) is 5.91 Å². The molecule has 0 aliphatic rings. The Morgan fingerprint density at radius 3 is 2.72 bits per heavy atom. The molecule has 0 saturated heterocycles. The highest BCUT2D eigenvalue weighted by Crippen LogP contribution is 2.16. The van der Waals surface area contributed by atoms with Crippen LogP contribution in [0, 0.1) is 5.92 Å². The number of aromatic nitrogens is 3. The fraction of sp³-hybridized carbons (Fsp3) is 0.316. The van der Waals surface area contributed by atoms with Crippen LogP contribution in [0.2, 0.25) is 0 Å². The standard InChI is InChI=1S/C19H22N4O2/c1-13(2)9-15(24)11-21-19(25)14-7-8-18(20-10-14)23-12-22-16-5-3-4-6-17(16)23/h3-8,10,12-13,15,24H,9,11H2,1-2H3,(H,21,25)/t15-/m1/s1. The zero-order chi connectivity index (χ0) is 17.8. The summed E-state index contributed by atoms with van der Waals surface area (Å²) in [5, 5.41) is 12.6. The van der Waals surface area contributed by atoms with Gasteiger partial charge < -0.3 is 10.4 Å². The van der Waals surface area contributed by atoms with E-state index in [2.05, 4.69) is 15.3 Å². The van der Waals surface area contributed by atoms with Gasteiger partial charge in [-0.1, -0.05) is 26.0 Å². The molecule has 0 aliphatic heterocycles. The summed E-state index contributed by atoms with van der Waals surface area (Å²) in [5.41, 5.74) is 2.32. The van der Waals surface area contributed by atoms with Gasteiger partial charge in [0.15, 0.2) is 0 Å². The molecule has 0 radical (unpaired) electrons. The first-order valence-corrected chi connectivity index (χ1v) is 8.39. The van der Waals surface area contributed by atoms with Crippen LogP contribution >= 0.6 is 0 Å². The van der Waals surface area contributed by atoms with E-state index >= 15 is 0 Å². The number of nitrogens with one attached hydrogen (secondary N) is 1. The highest BCUT2D eigenvalue weighted by Gasteiger charge is 2.11. The van der Waals surface area contributed by atoms with Gasteiger partial charge in [-0.25, -0.2) is 9.97 Å². The Morgan fingerprint density at radius 1 is 1.20 bits per heavy atom. The van der Waals surface area contributed by atoms with Gasteiger partial charge in [-0.05, 0) is 36.6 Å². The summed E-state index contributed by atoms with van der Waals surface area (Å²) < 4.78 is 1.88. The second-order valence-corrected chi connectivity index (χ2v) is 6.50. The molecule has 0 aliphatic carbocycles. The normalized spacial score (nSPS) is 12.5. The summed E-state index contributed by atoms with van der Waals surface area (Å²) in [7, 11) is 0. The van der Waals surface area contributed by atoms with Gasteiger partial charge in [0.1, 0.15) is 12.1 Å². The highest BCUT2D eigenvalue weighted by molar-refractivity contribution is 5.94. The van der Waals surface area contributed by atoms with Crippen molar-refractivity contribution < 1.29 is 9.90 Å². The predicted molar refractivity (Wildman–Crippen MR) is 96.7 cm³/mol. The van der Waals surface area contributed by atoms with E-state index in [9.17, 15) is 9.90 Å². The average Bonchev–Trinajstić information content (AvgIpc) is 3.03. The Morgan fingerprint density at radius 2 is 2.00 bits per heavy atom. The molecule has 0 saturated carbocycles. The number of aliphatic hydroxyl groups is 1. The molecule has 6 nitrogen and oxygen atoms in total. The molecule has 1 amide bonds. The maximum absolute atomic E-state index is 12.2. The van der Waals surface area contributed by atoms with Crippen molar-refractivity contribution in [1.82, 2.24) is 19.9 Å².